The molecule has 19 heavy (non-hydrogen) atoms. The van der Waals surface area contributed by atoms with Gasteiger partial charge in [-0.2, -0.15) is 0 Å². The molecule has 1 fully saturated rings. The van der Waals surface area contributed by atoms with E-state index in [-0.39, 0.29) is 12.6 Å². The highest BCUT2D eigenvalue weighted by Crippen LogP contribution is 2.26. The van der Waals surface area contributed by atoms with Crippen LogP contribution in [-0.4, -0.2) is 12.6 Å². The second-order valence-electron chi connectivity index (χ2n) is 4.47. The first kappa shape index (κ1) is 12.4. The van der Waals surface area contributed by atoms with Gasteiger partial charge in [0.05, 0.1) is 13.2 Å². The first-order valence-corrected chi connectivity index (χ1v) is 6.38. The Morgan fingerprint density at radius 1 is 0.684 bits per heavy atom. The Balaban J connectivity index is 1.38. The summed E-state index contributed by atoms with van der Waals surface area (Å²) in [5, 5.41) is 0. The number of rotatable bonds is 6. The Morgan fingerprint density at radius 3 is 1.53 bits per heavy atom. The lowest BCUT2D eigenvalue weighted by molar-refractivity contribution is 0.0291. The van der Waals surface area contributed by atoms with Gasteiger partial charge in [0, 0.05) is 0 Å². The molecule has 0 radical (unpaired) electrons. The van der Waals surface area contributed by atoms with Gasteiger partial charge in [0.25, 0.3) is 0 Å². The molecule has 2 aromatic carbocycles. The molecular weight excluding hydrogens is 240 g/mol. The third kappa shape index (κ3) is 3.64. The molecule has 1 heterocycles. The quantitative estimate of drug-likeness (QED) is 0.744. The number of epoxide rings is 1. The maximum atomic E-state index is 5.59. The second-order valence-corrected chi connectivity index (χ2v) is 4.47. The predicted octanol–water partition coefficient (Wildman–Crippen LogP) is 3.10. The van der Waals surface area contributed by atoms with E-state index in [4.69, 9.17) is 14.2 Å². The zero-order valence-electron chi connectivity index (χ0n) is 10.6. The highest BCUT2D eigenvalue weighted by Gasteiger charge is 2.41. The van der Waals surface area contributed by atoms with E-state index < -0.39 is 0 Å². The van der Waals surface area contributed by atoms with E-state index in [1.54, 1.807) is 0 Å². The molecule has 0 saturated carbocycles. The van der Waals surface area contributed by atoms with E-state index in [0.29, 0.717) is 13.2 Å². The Bertz CT molecular complexity index is 450. The van der Waals surface area contributed by atoms with Gasteiger partial charge in [0.1, 0.15) is 0 Å². The SMILES string of the molecule is c1ccc(COC2OC2OCc2ccccc2)cc1. The third-order valence-corrected chi connectivity index (χ3v) is 2.93. The second kappa shape index (κ2) is 5.97. The molecule has 1 aliphatic rings. The van der Waals surface area contributed by atoms with Gasteiger partial charge >= 0.3 is 0 Å². The molecule has 1 saturated heterocycles. The van der Waals surface area contributed by atoms with E-state index in [0.717, 1.165) is 11.1 Å². The molecule has 0 bridgehead atoms. The van der Waals surface area contributed by atoms with Crippen molar-refractivity contribution in [2.75, 3.05) is 0 Å². The smallest absolute Gasteiger partial charge is 0.212 e. The van der Waals surface area contributed by atoms with E-state index in [1.807, 2.05) is 60.7 Å². The van der Waals surface area contributed by atoms with Crippen molar-refractivity contribution >= 4 is 0 Å². The van der Waals surface area contributed by atoms with Crippen molar-refractivity contribution < 1.29 is 14.2 Å². The van der Waals surface area contributed by atoms with Crippen molar-refractivity contribution in [1.29, 1.82) is 0 Å². The fourth-order valence-electron chi connectivity index (χ4n) is 1.83. The van der Waals surface area contributed by atoms with Crippen molar-refractivity contribution in [3.8, 4) is 0 Å². The average Bonchev–Trinajstić information content (AvgIpc) is 3.24. The lowest BCUT2D eigenvalue weighted by atomic mass is 10.2. The van der Waals surface area contributed by atoms with Crippen molar-refractivity contribution in [3.05, 3.63) is 71.8 Å². The van der Waals surface area contributed by atoms with Gasteiger partial charge in [0.2, 0.25) is 12.6 Å². The summed E-state index contributed by atoms with van der Waals surface area (Å²) in [5.74, 6) is 0. The number of benzene rings is 2. The highest BCUT2D eigenvalue weighted by atomic mass is 16.9. The van der Waals surface area contributed by atoms with Gasteiger partial charge in [-0.1, -0.05) is 60.7 Å². The van der Waals surface area contributed by atoms with Crippen LogP contribution >= 0.6 is 0 Å². The highest BCUT2D eigenvalue weighted by molar-refractivity contribution is 5.14. The molecule has 0 aliphatic carbocycles. The van der Waals surface area contributed by atoms with Crippen LogP contribution in [-0.2, 0) is 27.4 Å². The van der Waals surface area contributed by atoms with Crippen LogP contribution in [0.5, 0.6) is 0 Å². The third-order valence-electron chi connectivity index (χ3n) is 2.93. The van der Waals surface area contributed by atoms with Crippen molar-refractivity contribution in [1.82, 2.24) is 0 Å². The van der Waals surface area contributed by atoms with Crippen LogP contribution in [0.4, 0.5) is 0 Å². The molecule has 0 N–H and O–H groups in total. The van der Waals surface area contributed by atoms with Gasteiger partial charge < -0.3 is 14.2 Å². The zero-order chi connectivity index (χ0) is 12.9. The lowest BCUT2D eigenvalue weighted by Crippen LogP contribution is -2.04. The minimum Gasteiger partial charge on any atom is -0.343 e. The van der Waals surface area contributed by atoms with Crippen LogP contribution < -0.4 is 0 Å². The fourth-order valence-corrected chi connectivity index (χ4v) is 1.83. The largest absolute Gasteiger partial charge is 0.343 e. The van der Waals surface area contributed by atoms with Gasteiger partial charge in [-0.05, 0) is 11.1 Å². The molecule has 3 heteroatoms. The first-order chi connectivity index (χ1) is 9.42. The molecule has 2 atom stereocenters. The van der Waals surface area contributed by atoms with Crippen molar-refractivity contribution in [2.24, 2.45) is 0 Å². The minimum atomic E-state index is -0.232. The average molecular weight is 256 g/mol. The topological polar surface area (TPSA) is 31.0 Å². The van der Waals surface area contributed by atoms with E-state index in [9.17, 15) is 0 Å². The number of hydrogen-bond acceptors (Lipinski definition) is 3. The van der Waals surface area contributed by atoms with Gasteiger partial charge in [-0.25, -0.2) is 0 Å². The first-order valence-electron chi connectivity index (χ1n) is 6.38. The van der Waals surface area contributed by atoms with Crippen LogP contribution in [0.1, 0.15) is 11.1 Å². The fraction of sp³-hybridized carbons (Fsp3) is 0.250. The van der Waals surface area contributed by atoms with Crippen LogP contribution in [0.2, 0.25) is 0 Å². The molecule has 0 amide bonds. The monoisotopic (exact) mass is 256 g/mol. The molecule has 98 valence electrons. The molecule has 0 spiro atoms. The minimum absolute atomic E-state index is 0.232. The van der Waals surface area contributed by atoms with Crippen molar-refractivity contribution in [3.63, 3.8) is 0 Å². The summed E-state index contributed by atoms with van der Waals surface area (Å²) < 4.78 is 16.5. The van der Waals surface area contributed by atoms with Crippen LogP contribution in [0, 0.1) is 0 Å². The van der Waals surface area contributed by atoms with Gasteiger partial charge in [-0.3, -0.25) is 0 Å². The maximum Gasteiger partial charge on any atom is 0.212 e. The summed E-state index contributed by atoms with van der Waals surface area (Å²) in [4.78, 5) is 0. The molecule has 2 aromatic rings. The summed E-state index contributed by atoms with van der Waals surface area (Å²) in [5.41, 5.74) is 2.28. The number of ether oxygens (including phenoxy) is 3. The molecule has 2 unspecified atom stereocenters. The van der Waals surface area contributed by atoms with Gasteiger partial charge in [0.15, 0.2) is 0 Å². The summed E-state index contributed by atoms with van der Waals surface area (Å²) in [6.45, 7) is 1.10. The van der Waals surface area contributed by atoms with Crippen LogP contribution in [0.3, 0.4) is 0 Å². The normalized spacial score (nSPS) is 21.3. The summed E-state index contributed by atoms with van der Waals surface area (Å²) in [6, 6.07) is 20.1. The van der Waals surface area contributed by atoms with E-state index in [1.165, 1.54) is 0 Å². The Morgan fingerprint density at radius 2 is 1.11 bits per heavy atom. The van der Waals surface area contributed by atoms with Crippen LogP contribution in [0.25, 0.3) is 0 Å². The predicted molar refractivity (Wildman–Crippen MR) is 71.1 cm³/mol. The van der Waals surface area contributed by atoms with Crippen molar-refractivity contribution in [2.45, 2.75) is 25.8 Å². The molecule has 3 nitrogen and oxygen atoms in total. The van der Waals surface area contributed by atoms with E-state index in [2.05, 4.69) is 0 Å². The number of hydrogen-bond donors (Lipinski definition) is 0. The molecular formula is C16H16O3. The molecule has 1 aliphatic heterocycles. The lowest BCUT2D eigenvalue weighted by Gasteiger charge is -2.02. The van der Waals surface area contributed by atoms with Gasteiger partial charge in [-0.15, -0.1) is 0 Å². The maximum absolute atomic E-state index is 5.59. The zero-order valence-corrected chi connectivity index (χ0v) is 10.6. The summed E-state index contributed by atoms with van der Waals surface area (Å²) >= 11 is 0. The Kier molecular flexibility index (Phi) is 3.89. The Hall–Kier alpha value is -1.68. The Labute approximate surface area is 112 Å². The standard InChI is InChI=1S/C16H16O3/c1-3-7-13(8-4-1)11-17-15-16(19-15)18-12-14-9-5-2-6-10-14/h1-10,15-16H,11-12H2. The molecule has 3 rings (SSSR count). The molecule has 0 aromatic heterocycles. The van der Waals surface area contributed by atoms with E-state index >= 15 is 0 Å². The summed E-state index contributed by atoms with van der Waals surface area (Å²) in [7, 11) is 0. The summed E-state index contributed by atoms with van der Waals surface area (Å²) in [6.07, 6.45) is -0.465. The van der Waals surface area contributed by atoms with Crippen LogP contribution in [0.15, 0.2) is 60.7 Å².